The number of hydrogen-bond donors (Lipinski definition) is 3. The molecule has 0 aliphatic rings. The van der Waals surface area contributed by atoms with Gasteiger partial charge in [0.2, 0.25) is 5.95 Å². The molecule has 2 heterocycles. The number of aromatic nitrogens is 2. The number of aromatic amines is 1. The molecule has 28 heavy (non-hydrogen) atoms. The third-order valence-electron chi connectivity index (χ3n) is 3.92. The summed E-state index contributed by atoms with van der Waals surface area (Å²) in [6.07, 6.45) is 2.93. The Morgan fingerprint density at radius 1 is 1.07 bits per heavy atom. The van der Waals surface area contributed by atoms with Gasteiger partial charge in [-0.25, -0.2) is 10.4 Å². The topological polar surface area (TPSA) is 112 Å². The molecule has 138 valence electrons. The molecule has 1 amide bonds. The van der Waals surface area contributed by atoms with Gasteiger partial charge in [0.15, 0.2) is 0 Å². The summed E-state index contributed by atoms with van der Waals surface area (Å²) in [5.41, 5.74) is 3.90. The Kier molecular flexibility index (Phi) is 4.67. The van der Waals surface area contributed by atoms with Crippen LogP contribution in [0.2, 0.25) is 0 Å². The fourth-order valence-electron chi connectivity index (χ4n) is 2.57. The molecule has 0 unspecified atom stereocenters. The molecule has 4 rings (SSSR count). The van der Waals surface area contributed by atoms with Gasteiger partial charge in [0, 0.05) is 11.3 Å². The maximum absolute atomic E-state index is 12.1. The molecule has 0 bridgehead atoms. The first-order valence-corrected chi connectivity index (χ1v) is 8.42. The van der Waals surface area contributed by atoms with Crippen molar-refractivity contribution in [3.8, 4) is 0 Å². The molecule has 2 aromatic carbocycles. The number of rotatable bonds is 5. The number of benzene rings is 2. The Bertz CT molecular complexity index is 1190. The van der Waals surface area contributed by atoms with Gasteiger partial charge in [-0.1, -0.05) is 12.1 Å². The number of fused-ring (bicyclic) bond motifs is 1. The molecule has 3 N–H and O–H groups in total. The highest BCUT2D eigenvalue weighted by molar-refractivity contribution is 5.95. The molecule has 0 radical (unpaired) electrons. The Hall–Kier alpha value is -4.20. The average molecular weight is 373 g/mol. The zero-order chi connectivity index (χ0) is 19.3. The van der Waals surface area contributed by atoms with E-state index >= 15 is 0 Å². The minimum absolute atomic E-state index is 0.224. The van der Waals surface area contributed by atoms with E-state index in [1.165, 1.54) is 12.5 Å². The highest BCUT2D eigenvalue weighted by Gasteiger charge is 2.06. The van der Waals surface area contributed by atoms with E-state index in [9.17, 15) is 9.59 Å². The van der Waals surface area contributed by atoms with Crippen molar-refractivity contribution in [2.75, 3.05) is 5.32 Å². The van der Waals surface area contributed by atoms with Crippen molar-refractivity contribution in [1.29, 1.82) is 0 Å². The van der Waals surface area contributed by atoms with Crippen molar-refractivity contribution in [2.45, 2.75) is 0 Å². The highest BCUT2D eigenvalue weighted by atomic mass is 16.3. The van der Waals surface area contributed by atoms with E-state index in [-0.39, 0.29) is 11.5 Å². The van der Waals surface area contributed by atoms with Crippen LogP contribution in [0, 0.1) is 0 Å². The number of hydrogen-bond acceptors (Lipinski definition) is 6. The summed E-state index contributed by atoms with van der Waals surface area (Å²) in [5, 5.41) is 7.38. The third-order valence-corrected chi connectivity index (χ3v) is 3.92. The Morgan fingerprint density at radius 2 is 1.89 bits per heavy atom. The van der Waals surface area contributed by atoms with Crippen molar-refractivity contribution in [3.05, 3.63) is 88.6 Å². The van der Waals surface area contributed by atoms with Gasteiger partial charge in [0.25, 0.3) is 11.5 Å². The number of H-pyrrole nitrogens is 1. The molecular weight excluding hydrogens is 358 g/mol. The van der Waals surface area contributed by atoms with Crippen LogP contribution >= 0.6 is 0 Å². The Balaban J connectivity index is 1.44. The van der Waals surface area contributed by atoms with Crippen molar-refractivity contribution >= 4 is 34.7 Å². The Labute approximate surface area is 158 Å². The smallest absolute Gasteiger partial charge is 0.271 e. The largest absolute Gasteiger partial charge is 0.463 e. The van der Waals surface area contributed by atoms with Crippen LogP contribution in [-0.4, -0.2) is 22.1 Å². The summed E-state index contributed by atoms with van der Waals surface area (Å²) >= 11 is 0. The summed E-state index contributed by atoms with van der Waals surface area (Å²) in [4.78, 5) is 31.3. The molecular formula is C20H15N5O3. The van der Waals surface area contributed by atoms with E-state index in [0.717, 1.165) is 0 Å². The fourth-order valence-corrected chi connectivity index (χ4v) is 2.57. The number of nitrogens with zero attached hydrogens (tertiary/aromatic N) is 2. The van der Waals surface area contributed by atoms with Gasteiger partial charge >= 0.3 is 0 Å². The summed E-state index contributed by atoms with van der Waals surface area (Å²) < 4.78 is 5.09. The molecule has 4 aromatic rings. The first-order chi connectivity index (χ1) is 13.7. The van der Waals surface area contributed by atoms with E-state index in [4.69, 9.17) is 4.42 Å². The lowest BCUT2D eigenvalue weighted by Crippen LogP contribution is -2.17. The SMILES string of the molecule is O=C(N/N=C\c1ccco1)c1ccc(Nc2nc3ccccc3c(=O)[nH]2)cc1. The minimum atomic E-state index is -0.355. The number of anilines is 2. The van der Waals surface area contributed by atoms with Crippen LogP contribution in [-0.2, 0) is 0 Å². The Morgan fingerprint density at radius 3 is 2.68 bits per heavy atom. The van der Waals surface area contributed by atoms with Crippen LogP contribution in [0.15, 0.2) is 81.2 Å². The monoisotopic (exact) mass is 373 g/mol. The predicted octanol–water partition coefficient (Wildman–Crippen LogP) is 3.02. The summed E-state index contributed by atoms with van der Waals surface area (Å²) in [6, 6.07) is 17.2. The molecule has 0 fully saturated rings. The van der Waals surface area contributed by atoms with Crippen LogP contribution in [0.3, 0.4) is 0 Å². The number of furan rings is 1. The number of amides is 1. The molecule has 0 atom stereocenters. The summed E-state index contributed by atoms with van der Waals surface area (Å²) in [5.74, 6) is 0.507. The van der Waals surface area contributed by atoms with Gasteiger partial charge in [-0.15, -0.1) is 0 Å². The van der Waals surface area contributed by atoms with Gasteiger partial charge in [0.05, 0.1) is 23.4 Å². The lowest BCUT2D eigenvalue weighted by molar-refractivity contribution is 0.0955. The normalized spacial score (nSPS) is 11.0. The zero-order valence-electron chi connectivity index (χ0n) is 14.5. The molecule has 0 aliphatic carbocycles. The molecule has 8 heteroatoms. The van der Waals surface area contributed by atoms with Crippen LogP contribution in [0.4, 0.5) is 11.6 Å². The minimum Gasteiger partial charge on any atom is -0.463 e. The molecule has 0 saturated heterocycles. The quantitative estimate of drug-likeness (QED) is 0.368. The first kappa shape index (κ1) is 17.2. The van der Waals surface area contributed by atoms with Gasteiger partial charge in [0.1, 0.15) is 5.76 Å². The van der Waals surface area contributed by atoms with E-state index in [0.29, 0.717) is 33.9 Å². The van der Waals surface area contributed by atoms with Crippen molar-refractivity contribution < 1.29 is 9.21 Å². The van der Waals surface area contributed by atoms with Crippen LogP contribution in [0.5, 0.6) is 0 Å². The molecule has 0 saturated carbocycles. The van der Waals surface area contributed by atoms with E-state index in [1.807, 2.05) is 6.07 Å². The lowest BCUT2D eigenvalue weighted by Gasteiger charge is -2.07. The molecule has 8 nitrogen and oxygen atoms in total. The lowest BCUT2D eigenvalue weighted by atomic mass is 10.2. The number of hydrazone groups is 1. The van der Waals surface area contributed by atoms with Crippen molar-refractivity contribution in [3.63, 3.8) is 0 Å². The number of carbonyl (C=O) groups excluding carboxylic acids is 1. The second kappa shape index (κ2) is 7.58. The van der Waals surface area contributed by atoms with Crippen molar-refractivity contribution in [2.24, 2.45) is 5.10 Å². The third kappa shape index (κ3) is 3.80. The van der Waals surface area contributed by atoms with Crippen molar-refractivity contribution in [1.82, 2.24) is 15.4 Å². The molecule has 0 spiro atoms. The first-order valence-electron chi connectivity index (χ1n) is 8.42. The predicted molar refractivity (Wildman–Crippen MR) is 106 cm³/mol. The standard InChI is InChI=1S/C20H15N5O3/c26-18(25-21-12-15-4-3-11-28-15)13-7-9-14(10-8-13)22-20-23-17-6-2-1-5-16(17)19(27)24-20/h1-12H,(H,25,26)(H2,22,23,24,27)/b21-12-. The van der Waals surface area contributed by atoms with Crippen LogP contribution in [0.1, 0.15) is 16.1 Å². The van der Waals surface area contributed by atoms with Gasteiger partial charge in [-0.3, -0.25) is 14.6 Å². The second-order valence-corrected chi connectivity index (χ2v) is 5.85. The van der Waals surface area contributed by atoms with E-state index in [1.54, 1.807) is 54.6 Å². The average Bonchev–Trinajstić information content (AvgIpc) is 3.22. The molecule has 0 aliphatic heterocycles. The van der Waals surface area contributed by atoms with E-state index < -0.39 is 0 Å². The zero-order valence-corrected chi connectivity index (χ0v) is 14.5. The number of para-hydroxylation sites is 1. The van der Waals surface area contributed by atoms with E-state index in [2.05, 4.69) is 25.8 Å². The van der Waals surface area contributed by atoms with Crippen LogP contribution < -0.4 is 16.3 Å². The molecule has 2 aromatic heterocycles. The number of carbonyl (C=O) groups is 1. The van der Waals surface area contributed by atoms with Gasteiger partial charge in [-0.2, -0.15) is 5.10 Å². The van der Waals surface area contributed by atoms with Crippen LogP contribution in [0.25, 0.3) is 10.9 Å². The van der Waals surface area contributed by atoms with Gasteiger partial charge < -0.3 is 9.73 Å². The highest BCUT2D eigenvalue weighted by Crippen LogP contribution is 2.15. The summed E-state index contributed by atoms with van der Waals surface area (Å²) in [6.45, 7) is 0. The number of nitrogens with one attached hydrogen (secondary N) is 3. The maximum Gasteiger partial charge on any atom is 0.271 e. The summed E-state index contributed by atoms with van der Waals surface area (Å²) in [7, 11) is 0. The second-order valence-electron chi connectivity index (χ2n) is 5.85. The fraction of sp³-hybridized carbons (Fsp3) is 0. The maximum atomic E-state index is 12.1. The van der Waals surface area contributed by atoms with Gasteiger partial charge in [-0.05, 0) is 48.5 Å².